The maximum absolute atomic E-state index is 12.6. The second-order valence-corrected chi connectivity index (χ2v) is 5.82. The molecule has 0 aliphatic heterocycles. The molecule has 0 bridgehead atoms. The lowest BCUT2D eigenvalue weighted by atomic mass is 10.1. The molecule has 27 heavy (non-hydrogen) atoms. The van der Waals surface area contributed by atoms with Gasteiger partial charge in [0.05, 0.1) is 6.42 Å². The molecule has 136 valence electrons. The summed E-state index contributed by atoms with van der Waals surface area (Å²) in [5.41, 5.74) is 1.49. The molecule has 2 aromatic heterocycles. The molecule has 0 atom stereocenters. The van der Waals surface area contributed by atoms with E-state index < -0.39 is 11.5 Å². The number of aromatic amines is 1. The van der Waals surface area contributed by atoms with Crippen LogP contribution in [0.15, 0.2) is 35.3 Å². The van der Waals surface area contributed by atoms with Crippen molar-refractivity contribution in [1.29, 1.82) is 5.26 Å². The van der Waals surface area contributed by atoms with Crippen molar-refractivity contribution in [2.45, 2.75) is 13.3 Å². The van der Waals surface area contributed by atoms with Gasteiger partial charge in [-0.2, -0.15) is 5.26 Å². The molecule has 0 radical (unpaired) electrons. The number of hydrogen-bond acceptors (Lipinski definition) is 5. The number of hydrogen-bond donors (Lipinski definition) is 3. The minimum atomic E-state index is -0.437. The van der Waals surface area contributed by atoms with E-state index in [9.17, 15) is 14.4 Å². The predicted molar refractivity (Wildman–Crippen MR) is 97.4 cm³/mol. The van der Waals surface area contributed by atoms with Gasteiger partial charge in [-0.05, 0) is 25.1 Å². The highest BCUT2D eigenvalue weighted by atomic mass is 16.2. The molecule has 0 spiro atoms. The van der Waals surface area contributed by atoms with Crippen molar-refractivity contribution in [1.82, 2.24) is 19.9 Å². The zero-order valence-corrected chi connectivity index (χ0v) is 14.7. The Morgan fingerprint density at radius 2 is 2.15 bits per heavy atom. The molecule has 0 saturated carbocycles. The Bertz CT molecular complexity index is 1150. The van der Waals surface area contributed by atoms with E-state index >= 15 is 0 Å². The quantitative estimate of drug-likeness (QED) is 0.628. The molecule has 3 rings (SSSR count). The smallest absolute Gasteiger partial charge is 0.276 e. The monoisotopic (exact) mass is 364 g/mol. The van der Waals surface area contributed by atoms with E-state index in [2.05, 4.69) is 20.7 Å². The fraction of sp³-hybridized carbons (Fsp3) is 0.167. The Morgan fingerprint density at radius 1 is 1.37 bits per heavy atom. The van der Waals surface area contributed by atoms with Gasteiger partial charge in [0.15, 0.2) is 5.65 Å². The number of rotatable bonds is 4. The first kappa shape index (κ1) is 17.9. The van der Waals surface area contributed by atoms with Gasteiger partial charge >= 0.3 is 0 Å². The van der Waals surface area contributed by atoms with E-state index in [4.69, 9.17) is 5.26 Å². The first-order valence-electron chi connectivity index (χ1n) is 8.06. The van der Waals surface area contributed by atoms with Crippen LogP contribution in [-0.2, 0) is 11.2 Å². The summed E-state index contributed by atoms with van der Waals surface area (Å²) in [7, 11) is 1.52. The van der Waals surface area contributed by atoms with Gasteiger partial charge in [0.1, 0.15) is 11.6 Å². The molecule has 2 amide bonds. The first-order chi connectivity index (χ1) is 12.9. The number of aromatic nitrogens is 3. The van der Waals surface area contributed by atoms with E-state index in [1.54, 1.807) is 31.2 Å². The van der Waals surface area contributed by atoms with Crippen molar-refractivity contribution in [3.05, 3.63) is 63.2 Å². The van der Waals surface area contributed by atoms with Crippen LogP contribution in [0.1, 0.15) is 27.2 Å². The summed E-state index contributed by atoms with van der Waals surface area (Å²) in [5, 5.41) is 16.9. The number of anilines is 1. The number of nitrogens with zero attached hydrogens (tertiary/aromatic N) is 3. The third-order valence-corrected chi connectivity index (χ3v) is 4.06. The highest BCUT2D eigenvalue weighted by Gasteiger charge is 2.17. The third kappa shape index (κ3) is 3.41. The molecule has 0 unspecified atom stereocenters. The first-order valence-corrected chi connectivity index (χ1v) is 8.06. The molecule has 0 saturated heterocycles. The fourth-order valence-electron chi connectivity index (χ4n) is 2.69. The Morgan fingerprint density at radius 3 is 2.85 bits per heavy atom. The molecule has 0 fully saturated rings. The lowest BCUT2D eigenvalue weighted by Gasteiger charge is -2.08. The maximum atomic E-state index is 12.6. The Balaban J connectivity index is 1.86. The van der Waals surface area contributed by atoms with Gasteiger partial charge in [-0.3, -0.25) is 19.5 Å². The van der Waals surface area contributed by atoms with Crippen molar-refractivity contribution >= 4 is 23.1 Å². The van der Waals surface area contributed by atoms with E-state index in [1.807, 2.05) is 6.07 Å². The van der Waals surface area contributed by atoms with Gasteiger partial charge in [-0.1, -0.05) is 6.07 Å². The van der Waals surface area contributed by atoms with Crippen LogP contribution in [0.5, 0.6) is 0 Å². The van der Waals surface area contributed by atoms with Crippen LogP contribution in [0.4, 0.5) is 5.69 Å². The van der Waals surface area contributed by atoms with Gasteiger partial charge in [-0.25, -0.2) is 9.50 Å². The van der Waals surface area contributed by atoms with E-state index in [-0.39, 0.29) is 29.1 Å². The van der Waals surface area contributed by atoms with E-state index in [0.29, 0.717) is 16.9 Å². The number of H-pyrrole nitrogens is 1. The number of aryl methyl sites for hydroxylation is 1. The molecular weight excluding hydrogens is 348 g/mol. The number of carbonyl (C=O) groups is 2. The van der Waals surface area contributed by atoms with E-state index in [1.165, 1.54) is 13.2 Å². The Labute approximate surface area is 153 Å². The van der Waals surface area contributed by atoms with Crippen molar-refractivity contribution in [2.75, 3.05) is 12.4 Å². The van der Waals surface area contributed by atoms with E-state index in [0.717, 1.165) is 4.52 Å². The number of nitrogens with one attached hydrogen (secondary N) is 3. The van der Waals surface area contributed by atoms with Crippen LogP contribution >= 0.6 is 0 Å². The maximum Gasteiger partial charge on any atom is 0.276 e. The molecule has 1 aromatic carbocycles. The second-order valence-electron chi connectivity index (χ2n) is 5.82. The highest BCUT2D eigenvalue weighted by Crippen LogP contribution is 2.12. The number of carbonyl (C=O) groups excluding carboxylic acids is 2. The Kier molecular flexibility index (Phi) is 4.72. The number of benzene rings is 1. The largest absolute Gasteiger partial charge is 0.355 e. The van der Waals surface area contributed by atoms with Gasteiger partial charge in [0, 0.05) is 35.8 Å². The van der Waals surface area contributed by atoms with Crippen LogP contribution in [0.3, 0.4) is 0 Å². The number of fused-ring (bicyclic) bond motifs is 1. The van der Waals surface area contributed by atoms with Crippen molar-refractivity contribution < 1.29 is 9.59 Å². The predicted octanol–water partition coefficient (Wildman–Crippen LogP) is 0.743. The zero-order chi connectivity index (χ0) is 19.6. The summed E-state index contributed by atoms with van der Waals surface area (Å²) in [5.74, 6) is -0.687. The van der Waals surface area contributed by atoms with Crippen LogP contribution in [0.25, 0.3) is 5.65 Å². The molecule has 2 heterocycles. The summed E-state index contributed by atoms with van der Waals surface area (Å²) < 4.78 is 1.14. The summed E-state index contributed by atoms with van der Waals surface area (Å²) in [6, 6.07) is 8.42. The van der Waals surface area contributed by atoms with Gasteiger partial charge in [0.25, 0.3) is 11.5 Å². The van der Waals surface area contributed by atoms with Crippen LogP contribution in [0.2, 0.25) is 0 Å². The van der Waals surface area contributed by atoms with Crippen LogP contribution in [-0.4, -0.2) is 33.5 Å². The van der Waals surface area contributed by atoms with Gasteiger partial charge in [-0.15, -0.1) is 0 Å². The highest BCUT2D eigenvalue weighted by molar-refractivity contribution is 5.97. The summed E-state index contributed by atoms with van der Waals surface area (Å²) in [4.78, 5) is 40.9. The molecule has 0 aliphatic carbocycles. The molecule has 9 nitrogen and oxygen atoms in total. The third-order valence-electron chi connectivity index (χ3n) is 4.06. The zero-order valence-electron chi connectivity index (χ0n) is 14.7. The molecular formula is C18H16N6O3. The summed E-state index contributed by atoms with van der Waals surface area (Å²) in [6.07, 6.45) is 1.20. The summed E-state index contributed by atoms with van der Waals surface area (Å²) >= 11 is 0. The number of nitriles is 1. The van der Waals surface area contributed by atoms with Crippen molar-refractivity contribution in [3.8, 4) is 6.07 Å². The van der Waals surface area contributed by atoms with Crippen LogP contribution < -0.4 is 16.2 Å². The molecule has 0 aliphatic rings. The molecule has 3 aromatic rings. The standard InChI is InChI=1S/C18H16N6O3/c1-10-14(18(27)24-16(22-10)12(8-19)9-21-24)7-15(25)23-13-5-3-4-11(6-13)17(26)20-2/h3-6,9,21H,7H2,1-2H3,(H,20,26)(H,23,25). The topological polar surface area (TPSA) is 132 Å². The average Bonchev–Trinajstić information content (AvgIpc) is 3.07. The normalized spacial score (nSPS) is 10.4. The van der Waals surface area contributed by atoms with Crippen molar-refractivity contribution in [3.63, 3.8) is 0 Å². The molecule has 9 heteroatoms. The van der Waals surface area contributed by atoms with Crippen LogP contribution in [0, 0.1) is 18.3 Å². The minimum Gasteiger partial charge on any atom is -0.355 e. The second kappa shape index (κ2) is 7.13. The summed E-state index contributed by atoms with van der Waals surface area (Å²) in [6.45, 7) is 1.62. The van der Waals surface area contributed by atoms with Crippen molar-refractivity contribution in [2.24, 2.45) is 0 Å². The lowest BCUT2D eigenvalue weighted by molar-refractivity contribution is -0.115. The number of amides is 2. The molecule has 3 N–H and O–H groups in total. The lowest BCUT2D eigenvalue weighted by Crippen LogP contribution is -2.26. The SMILES string of the molecule is CNC(=O)c1cccc(NC(=O)Cc2c(C)nc3c(C#N)c[nH]n3c2=O)c1. The van der Waals surface area contributed by atoms with Gasteiger partial charge < -0.3 is 10.6 Å². The average molecular weight is 364 g/mol. The van der Waals surface area contributed by atoms with Gasteiger partial charge in [0.2, 0.25) is 5.91 Å². The fourth-order valence-corrected chi connectivity index (χ4v) is 2.69. The Hall–Kier alpha value is -3.93. The minimum absolute atomic E-state index is 0.189.